The van der Waals surface area contributed by atoms with E-state index in [1.807, 2.05) is 56.3 Å². The molecular formula is C23H22INO3S2. The van der Waals surface area contributed by atoms with Crippen LogP contribution in [0.1, 0.15) is 23.6 Å². The lowest BCUT2D eigenvalue weighted by atomic mass is 10.1. The first-order valence-electron chi connectivity index (χ1n) is 9.44. The number of benzene rings is 2. The second-order valence-corrected chi connectivity index (χ2v) is 9.45. The highest BCUT2D eigenvalue weighted by Crippen LogP contribution is 2.38. The van der Waals surface area contributed by atoms with E-state index in [1.165, 1.54) is 17.3 Å². The SMILES string of the molecule is C=CCOc1c(I)cc(/C=C2\SC(=S)N(Cc3ccc(C)cc3)C2=O)cc1OCC. The van der Waals surface area contributed by atoms with E-state index in [2.05, 4.69) is 29.2 Å². The third kappa shape index (κ3) is 5.44. The Kier molecular flexibility index (Phi) is 7.96. The molecule has 2 aromatic rings. The van der Waals surface area contributed by atoms with E-state index < -0.39 is 0 Å². The van der Waals surface area contributed by atoms with Crippen LogP contribution in [0.5, 0.6) is 11.5 Å². The summed E-state index contributed by atoms with van der Waals surface area (Å²) in [7, 11) is 0. The molecule has 1 aliphatic rings. The number of carbonyl (C=O) groups excluding carboxylic acids is 1. The molecule has 0 N–H and O–H groups in total. The summed E-state index contributed by atoms with van der Waals surface area (Å²) in [4.78, 5) is 15.2. The Morgan fingerprint density at radius 2 is 1.97 bits per heavy atom. The van der Waals surface area contributed by atoms with Crippen LogP contribution in [0.4, 0.5) is 0 Å². The van der Waals surface area contributed by atoms with Crippen molar-refractivity contribution in [1.82, 2.24) is 4.90 Å². The number of thioether (sulfide) groups is 1. The van der Waals surface area contributed by atoms with Gasteiger partial charge >= 0.3 is 0 Å². The predicted molar refractivity (Wildman–Crippen MR) is 136 cm³/mol. The summed E-state index contributed by atoms with van der Waals surface area (Å²) in [6.07, 6.45) is 3.55. The first-order valence-corrected chi connectivity index (χ1v) is 11.7. The molecule has 0 unspecified atom stereocenters. The van der Waals surface area contributed by atoms with Crippen LogP contribution >= 0.6 is 46.6 Å². The maximum absolute atomic E-state index is 13.0. The van der Waals surface area contributed by atoms with Gasteiger partial charge in [0, 0.05) is 0 Å². The first kappa shape index (κ1) is 22.8. The maximum Gasteiger partial charge on any atom is 0.266 e. The van der Waals surface area contributed by atoms with E-state index in [0.29, 0.717) is 40.5 Å². The minimum Gasteiger partial charge on any atom is -0.490 e. The molecule has 0 aromatic heterocycles. The van der Waals surface area contributed by atoms with Gasteiger partial charge in [0.1, 0.15) is 10.9 Å². The number of hydrogen-bond donors (Lipinski definition) is 0. The minimum absolute atomic E-state index is 0.0782. The van der Waals surface area contributed by atoms with Crippen molar-refractivity contribution in [1.29, 1.82) is 0 Å². The van der Waals surface area contributed by atoms with Crippen molar-refractivity contribution in [2.24, 2.45) is 0 Å². The van der Waals surface area contributed by atoms with Gasteiger partial charge in [-0.3, -0.25) is 9.69 Å². The Hall–Kier alpha value is -1.84. The predicted octanol–water partition coefficient (Wildman–Crippen LogP) is 5.96. The van der Waals surface area contributed by atoms with Crippen LogP contribution in [0.3, 0.4) is 0 Å². The second-order valence-electron chi connectivity index (χ2n) is 6.62. The summed E-state index contributed by atoms with van der Waals surface area (Å²) >= 11 is 9.00. The van der Waals surface area contributed by atoms with Gasteiger partial charge in [0.15, 0.2) is 11.5 Å². The smallest absolute Gasteiger partial charge is 0.266 e. The summed E-state index contributed by atoms with van der Waals surface area (Å²) in [5.41, 5.74) is 3.10. The van der Waals surface area contributed by atoms with Gasteiger partial charge in [-0.05, 0) is 65.8 Å². The normalized spacial score (nSPS) is 15.0. The fourth-order valence-corrected chi connectivity index (χ4v) is 4.92. The second kappa shape index (κ2) is 10.5. The molecule has 0 saturated carbocycles. The Morgan fingerprint density at radius 3 is 2.63 bits per heavy atom. The molecule has 4 nitrogen and oxygen atoms in total. The maximum atomic E-state index is 13.0. The van der Waals surface area contributed by atoms with Gasteiger partial charge in [-0.1, -0.05) is 66.5 Å². The van der Waals surface area contributed by atoms with E-state index in [1.54, 1.807) is 11.0 Å². The topological polar surface area (TPSA) is 38.8 Å². The molecule has 0 radical (unpaired) electrons. The van der Waals surface area contributed by atoms with Crippen molar-refractivity contribution in [2.75, 3.05) is 13.2 Å². The number of carbonyl (C=O) groups is 1. The zero-order valence-electron chi connectivity index (χ0n) is 16.8. The molecule has 0 atom stereocenters. The highest BCUT2D eigenvalue weighted by molar-refractivity contribution is 14.1. The molecule has 1 saturated heterocycles. The summed E-state index contributed by atoms with van der Waals surface area (Å²) in [6, 6.07) is 12.0. The third-order valence-electron chi connectivity index (χ3n) is 4.31. The fourth-order valence-electron chi connectivity index (χ4n) is 2.88. The number of rotatable bonds is 8. The summed E-state index contributed by atoms with van der Waals surface area (Å²) in [6.45, 7) is 9.03. The van der Waals surface area contributed by atoms with E-state index in [-0.39, 0.29) is 5.91 Å². The zero-order valence-corrected chi connectivity index (χ0v) is 20.6. The summed E-state index contributed by atoms with van der Waals surface area (Å²) in [5, 5.41) is 0. The Labute approximate surface area is 200 Å². The summed E-state index contributed by atoms with van der Waals surface area (Å²) < 4.78 is 13.0. The molecular weight excluding hydrogens is 529 g/mol. The van der Waals surface area contributed by atoms with Crippen molar-refractivity contribution in [3.63, 3.8) is 0 Å². The average Bonchev–Trinajstić information content (AvgIpc) is 2.96. The van der Waals surface area contributed by atoms with Crippen molar-refractivity contribution in [3.8, 4) is 11.5 Å². The highest BCUT2D eigenvalue weighted by atomic mass is 127. The van der Waals surface area contributed by atoms with Crippen LogP contribution in [0.2, 0.25) is 0 Å². The molecule has 1 aliphatic heterocycles. The molecule has 0 spiro atoms. The van der Waals surface area contributed by atoms with Gasteiger partial charge in [0.05, 0.1) is 21.6 Å². The zero-order chi connectivity index (χ0) is 21.7. The van der Waals surface area contributed by atoms with E-state index in [0.717, 1.165) is 14.7 Å². The lowest BCUT2D eigenvalue weighted by molar-refractivity contribution is -0.122. The molecule has 0 aliphatic carbocycles. The van der Waals surface area contributed by atoms with Gasteiger partial charge in [-0.2, -0.15) is 0 Å². The molecule has 1 heterocycles. The molecule has 0 bridgehead atoms. The lowest BCUT2D eigenvalue weighted by Gasteiger charge is -2.15. The number of halogens is 1. The number of hydrogen-bond acceptors (Lipinski definition) is 5. The van der Waals surface area contributed by atoms with Gasteiger partial charge in [-0.25, -0.2) is 0 Å². The monoisotopic (exact) mass is 551 g/mol. The first-order chi connectivity index (χ1) is 14.4. The molecule has 30 heavy (non-hydrogen) atoms. The number of aryl methyl sites for hydroxylation is 1. The Morgan fingerprint density at radius 1 is 1.23 bits per heavy atom. The number of nitrogens with zero attached hydrogens (tertiary/aromatic N) is 1. The minimum atomic E-state index is -0.0782. The van der Waals surface area contributed by atoms with Crippen LogP contribution in [0.15, 0.2) is 54.0 Å². The largest absolute Gasteiger partial charge is 0.490 e. The number of ether oxygens (including phenoxy) is 2. The van der Waals surface area contributed by atoms with Crippen molar-refractivity contribution >= 4 is 62.9 Å². The third-order valence-corrected chi connectivity index (χ3v) is 6.49. The molecule has 1 amide bonds. The molecule has 1 fully saturated rings. The molecule has 2 aromatic carbocycles. The molecule has 7 heteroatoms. The van der Waals surface area contributed by atoms with Gasteiger partial charge < -0.3 is 9.47 Å². The Bertz CT molecular complexity index is 1000. The standard InChI is InChI=1S/C23H22INO3S2/c1-4-10-28-21-18(24)11-17(12-19(21)27-5-2)13-20-22(26)25(23(29)30-20)14-16-8-6-15(3)7-9-16/h4,6-9,11-13H,1,5,10,14H2,2-3H3/b20-13-. The van der Waals surface area contributed by atoms with Gasteiger partial charge in [0.25, 0.3) is 5.91 Å². The van der Waals surface area contributed by atoms with Crippen LogP contribution in [-0.2, 0) is 11.3 Å². The van der Waals surface area contributed by atoms with Gasteiger partial charge in [-0.15, -0.1) is 0 Å². The van der Waals surface area contributed by atoms with Crippen molar-refractivity contribution < 1.29 is 14.3 Å². The number of amides is 1. The highest BCUT2D eigenvalue weighted by Gasteiger charge is 2.32. The Balaban J connectivity index is 1.85. The van der Waals surface area contributed by atoms with Crippen LogP contribution in [0.25, 0.3) is 6.08 Å². The number of thiocarbonyl (C=S) groups is 1. The quantitative estimate of drug-likeness (QED) is 0.175. The van der Waals surface area contributed by atoms with Crippen molar-refractivity contribution in [2.45, 2.75) is 20.4 Å². The van der Waals surface area contributed by atoms with Crippen LogP contribution < -0.4 is 9.47 Å². The van der Waals surface area contributed by atoms with Gasteiger partial charge in [0.2, 0.25) is 0 Å². The van der Waals surface area contributed by atoms with E-state index in [4.69, 9.17) is 21.7 Å². The van der Waals surface area contributed by atoms with Crippen LogP contribution in [0, 0.1) is 10.5 Å². The van der Waals surface area contributed by atoms with E-state index >= 15 is 0 Å². The van der Waals surface area contributed by atoms with Crippen LogP contribution in [-0.4, -0.2) is 28.3 Å². The van der Waals surface area contributed by atoms with E-state index in [9.17, 15) is 4.79 Å². The van der Waals surface area contributed by atoms with Crippen molar-refractivity contribution in [3.05, 3.63) is 74.2 Å². The average molecular weight is 551 g/mol. The fraction of sp³-hybridized carbons (Fsp3) is 0.217. The lowest BCUT2D eigenvalue weighted by Crippen LogP contribution is -2.27. The summed E-state index contributed by atoms with van der Waals surface area (Å²) in [5.74, 6) is 1.25. The molecule has 3 rings (SSSR count). The molecule has 156 valence electrons.